The Kier molecular flexibility index (Phi) is 4.30. The predicted molar refractivity (Wildman–Crippen MR) is 94.3 cm³/mol. The van der Waals surface area contributed by atoms with Gasteiger partial charge in [0.1, 0.15) is 6.54 Å². The third-order valence-corrected chi connectivity index (χ3v) is 3.73. The lowest BCUT2D eigenvalue weighted by Crippen LogP contribution is -2.32. The van der Waals surface area contributed by atoms with Gasteiger partial charge in [0.25, 0.3) is 11.5 Å². The summed E-state index contributed by atoms with van der Waals surface area (Å²) in [6, 6.07) is 13.8. The van der Waals surface area contributed by atoms with E-state index in [1.165, 1.54) is 0 Å². The number of nitrogens with two attached hydrogens (primary N) is 1. The van der Waals surface area contributed by atoms with Crippen LogP contribution in [0.4, 0.5) is 5.69 Å². The molecule has 0 radical (unpaired) electrons. The van der Waals surface area contributed by atoms with Crippen LogP contribution >= 0.6 is 0 Å². The number of nitrogens with zero attached hydrogens (tertiary/aromatic N) is 2. The standard InChI is InChI=1S/C18H16N4O3/c1-11-6-8-12(9-7-11)20-15(23)10-22-18(25)14-5-3-2-4-13(14)16(21-22)17(19)24/h2-9H,10H2,1H3,(H2,19,24)(H,20,23). The molecule has 3 aromatic rings. The second-order valence-corrected chi connectivity index (χ2v) is 5.64. The summed E-state index contributed by atoms with van der Waals surface area (Å²) in [5.41, 5.74) is 6.53. The van der Waals surface area contributed by atoms with Crippen LogP contribution < -0.4 is 16.6 Å². The van der Waals surface area contributed by atoms with Gasteiger partial charge in [-0.05, 0) is 25.1 Å². The summed E-state index contributed by atoms with van der Waals surface area (Å²) in [6.45, 7) is 1.62. The summed E-state index contributed by atoms with van der Waals surface area (Å²) in [5, 5.41) is 7.31. The van der Waals surface area contributed by atoms with E-state index in [1.807, 2.05) is 19.1 Å². The quantitative estimate of drug-likeness (QED) is 0.751. The zero-order chi connectivity index (χ0) is 18.0. The van der Waals surface area contributed by atoms with Crippen LogP contribution in [-0.2, 0) is 11.3 Å². The van der Waals surface area contributed by atoms with E-state index in [0.29, 0.717) is 11.1 Å². The fourth-order valence-corrected chi connectivity index (χ4v) is 2.50. The van der Waals surface area contributed by atoms with Gasteiger partial charge in [0.2, 0.25) is 5.91 Å². The number of hydrogen-bond acceptors (Lipinski definition) is 4. The third kappa shape index (κ3) is 3.40. The first-order chi connectivity index (χ1) is 12.0. The van der Waals surface area contributed by atoms with Crippen molar-refractivity contribution >= 4 is 28.3 Å². The summed E-state index contributed by atoms with van der Waals surface area (Å²) >= 11 is 0. The smallest absolute Gasteiger partial charge is 0.275 e. The van der Waals surface area contributed by atoms with Crippen LogP contribution in [0.15, 0.2) is 53.3 Å². The molecule has 3 rings (SSSR count). The van der Waals surface area contributed by atoms with Crippen molar-refractivity contribution < 1.29 is 9.59 Å². The van der Waals surface area contributed by atoms with Gasteiger partial charge in [0.05, 0.1) is 5.39 Å². The van der Waals surface area contributed by atoms with Gasteiger partial charge in [0, 0.05) is 11.1 Å². The summed E-state index contributed by atoms with van der Waals surface area (Å²) in [7, 11) is 0. The SMILES string of the molecule is Cc1ccc(NC(=O)Cn2nc(C(N)=O)c3ccccc3c2=O)cc1. The Morgan fingerprint density at radius 1 is 1.08 bits per heavy atom. The molecule has 1 aromatic heterocycles. The first-order valence-corrected chi connectivity index (χ1v) is 7.62. The molecule has 0 unspecified atom stereocenters. The van der Waals surface area contributed by atoms with Gasteiger partial charge in [0.15, 0.2) is 5.69 Å². The highest BCUT2D eigenvalue weighted by atomic mass is 16.2. The van der Waals surface area contributed by atoms with E-state index in [1.54, 1.807) is 36.4 Å². The maximum Gasteiger partial charge on any atom is 0.275 e. The van der Waals surface area contributed by atoms with E-state index in [9.17, 15) is 14.4 Å². The maximum atomic E-state index is 12.5. The molecule has 0 aliphatic rings. The van der Waals surface area contributed by atoms with E-state index < -0.39 is 17.4 Å². The number of amides is 2. The minimum atomic E-state index is -0.760. The fraction of sp³-hybridized carbons (Fsp3) is 0.111. The minimum Gasteiger partial charge on any atom is -0.364 e. The number of benzene rings is 2. The molecule has 0 bridgehead atoms. The zero-order valence-electron chi connectivity index (χ0n) is 13.5. The van der Waals surface area contributed by atoms with Gasteiger partial charge in [-0.25, -0.2) is 4.68 Å². The van der Waals surface area contributed by atoms with Crippen LogP contribution in [0, 0.1) is 6.92 Å². The molecular formula is C18H16N4O3. The van der Waals surface area contributed by atoms with E-state index in [4.69, 9.17) is 5.73 Å². The Balaban J connectivity index is 1.94. The molecule has 0 spiro atoms. The second-order valence-electron chi connectivity index (χ2n) is 5.64. The number of aryl methyl sites for hydroxylation is 1. The number of nitrogens with one attached hydrogen (secondary N) is 1. The van der Waals surface area contributed by atoms with Gasteiger partial charge in [-0.2, -0.15) is 5.10 Å². The van der Waals surface area contributed by atoms with Gasteiger partial charge in [-0.1, -0.05) is 35.9 Å². The van der Waals surface area contributed by atoms with Crippen molar-refractivity contribution in [3.8, 4) is 0 Å². The normalized spacial score (nSPS) is 10.6. The highest BCUT2D eigenvalue weighted by molar-refractivity contribution is 6.04. The summed E-state index contributed by atoms with van der Waals surface area (Å²) < 4.78 is 0.950. The van der Waals surface area contributed by atoms with E-state index in [-0.39, 0.29) is 17.6 Å². The average Bonchev–Trinajstić information content (AvgIpc) is 2.59. The Bertz CT molecular complexity index is 1020. The number of aromatic nitrogens is 2. The number of primary amides is 1. The summed E-state index contributed by atoms with van der Waals surface area (Å²) in [4.78, 5) is 36.3. The van der Waals surface area contributed by atoms with Crippen LogP contribution in [0.5, 0.6) is 0 Å². The Morgan fingerprint density at radius 2 is 1.72 bits per heavy atom. The Hall–Kier alpha value is -3.48. The van der Waals surface area contributed by atoms with Crippen molar-refractivity contribution in [2.75, 3.05) is 5.32 Å². The van der Waals surface area contributed by atoms with Gasteiger partial charge in [-0.3, -0.25) is 14.4 Å². The van der Waals surface area contributed by atoms with Crippen LogP contribution in [0.3, 0.4) is 0 Å². The molecule has 2 aromatic carbocycles. The maximum absolute atomic E-state index is 12.5. The number of rotatable bonds is 4. The number of hydrogen-bond donors (Lipinski definition) is 2. The molecule has 0 aliphatic carbocycles. The van der Waals surface area contributed by atoms with Crippen molar-refractivity contribution in [2.24, 2.45) is 5.73 Å². The van der Waals surface area contributed by atoms with E-state index in [0.717, 1.165) is 10.2 Å². The van der Waals surface area contributed by atoms with Crippen LogP contribution in [-0.4, -0.2) is 21.6 Å². The number of carbonyl (C=O) groups is 2. The highest BCUT2D eigenvalue weighted by Gasteiger charge is 2.15. The van der Waals surface area contributed by atoms with Gasteiger partial charge < -0.3 is 11.1 Å². The summed E-state index contributed by atoms with van der Waals surface area (Å²) in [6.07, 6.45) is 0. The van der Waals surface area contributed by atoms with Gasteiger partial charge >= 0.3 is 0 Å². The van der Waals surface area contributed by atoms with E-state index >= 15 is 0 Å². The Morgan fingerprint density at radius 3 is 2.36 bits per heavy atom. The zero-order valence-corrected chi connectivity index (χ0v) is 13.5. The fourth-order valence-electron chi connectivity index (χ4n) is 2.50. The summed E-state index contributed by atoms with van der Waals surface area (Å²) in [5.74, 6) is -1.19. The molecule has 3 N–H and O–H groups in total. The molecule has 0 aliphatic heterocycles. The lowest BCUT2D eigenvalue weighted by molar-refractivity contribution is -0.117. The van der Waals surface area contributed by atoms with Crippen molar-refractivity contribution in [2.45, 2.75) is 13.5 Å². The third-order valence-electron chi connectivity index (χ3n) is 3.73. The molecule has 0 fully saturated rings. The lowest BCUT2D eigenvalue weighted by atomic mass is 10.1. The minimum absolute atomic E-state index is 0.0432. The van der Waals surface area contributed by atoms with Crippen LogP contribution in [0.2, 0.25) is 0 Å². The first-order valence-electron chi connectivity index (χ1n) is 7.62. The Labute approximate surface area is 143 Å². The van der Waals surface area contributed by atoms with E-state index in [2.05, 4.69) is 10.4 Å². The highest BCUT2D eigenvalue weighted by Crippen LogP contribution is 2.13. The molecular weight excluding hydrogens is 320 g/mol. The largest absolute Gasteiger partial charge is 0.364 e. The monoisotopic (exact) mass is 336 g/mol. The number of anilines is 1. The lowest BCUT2D eigenvalue weighted by Gasteiger charge is -2.10. The molecule has 0 saturated heterocycles. The molecule has 0 saturated carbocycles. The molecule has 2 amide bonds. The van der Waals surface area contributed by atoms with Crippen molar-refractivity contribution in [3.05, 3.63) is 70.1 Å². The van der Waals surface area contributed by atoms with Crippen LogP contribution in [0.1, 0.15) is 16.1 Å². The topological polar surface area (TPSA) is 107 Å². The molecule has 25 heavy (non-hydrogen) atoms. The molecule has 1 heterocycles. The second kappa shape index (κ2) is 6.56. The predicted octanol–water partition coefficient (Wildman–Crippen LogP) is 1.44. The number of fused-ring (bicyclic) bond motifs is 1. The molecule has 7 nitrogen and oxygen atoms in total. The van der Waals surface area contributed by atoms with Crippen LogP contribution in [0.25, 0.3) is 10.8 Å². The van der Waals surface area contributed by atoms with Crippen molar-refractivity contribution in [3.63, 3.8) is 0 Å². The molecule has 126 valence electrons. The average molecular weight is 336 g/mol. The molecule has 7 heteroatoms. The molecule has 0 atom stereocenters. The number of carbonyl (C=O) groups excluding carboxylic acids is 2. The first kappa shape index (κ1) is 16.4. The van der Waals surface area contributed by atoms with Crippen molar-refractivity contribution in [1.29, 1.82) is 0 Å². The van der Waals surface area contributed by atoms with Crippen molar-refractivity contribution in [1.82, 2.24) is 9.78 Å². The van der Waals surface area contributed by atoms with Gasteiger partial charge in [-0.15, -0.1) is 0 Å².